The lowest BCUT2D eigenvalue weighted by atomic mass is 10.4. The minimum absolute atomic E-state index is 0.106. The van der Waals surface area contributed by atoms with Gasteiger partial charge in [-0.3, -0.25) is 10.1 Å². The van der Waals surface area contributed by atoms with Crippen LogP contribution in [0.4, 0.5) is 10.7 Å². The fraction of sp³-hybridized carbons (Fsp3) is 0.333. The maximum Gasteiger partial charge on any atom is 0.433 e. The van der Waals surface area contributed by atoms with Crippen molar-refractivity contribution < 1.29 is 19.2 Å². The Morgan fingerprint density at radius 2 is 2.39 bits per heavy atom. The predicted octanol–water partition coefficient (Wildman–Crippen LogP) is 0.285. The SMILES string of the molecule is NC(=O)N(CCCO)/N=C\c1ccc([N+](=O)[O-])o1. The number of carbonyl (C=O) groups excluding carboxylic acids is 1. The first-order valence-electron chi connectivity index (χ1n) is 5.00. The van der Waals surface area contributed by atoms with E-state index in [2.05, 4.69) is 5.10 Å². The topological polar surface area (TPSA) is 135 Å². The molecule has 1 aromatic heterocycles. The van der Waals surface area contributed by atoms with E-state index < -0.39 is 16.8 Å². The lowest BCUT2D eigenvalue weighted by Gasteiger charge is -2.12. The number of primary amides is 1. The molecule has 3 N–H and O–H groups in total. The van der Waals surface area contributed by atoms with E-state index in [1.165, 1.54) is 12.1 Å². The van der Waals surface area contributed by atoms with Gasteiger partial charge in [0.25, 0.3) is 0 Å². The molecule has 18 heavy (non-hydrogen) atoms. The largest absolute Gasteiger partial charge is 0.433 e. The highest BCUT2D eigenvalue weighted by Gasteiger charge is 2.11. The Morgan fingerprint density at radius 1 is 1.67 bits per heavy atom. The van der Waals surface area contributed by atoms with Crippen molar-refractivity contribution in [1.29, 1.82) is 0 Å². The summed E-state index contributed by atoms with van der Waals surface area (Å²) in [6, 6.07) is 1.72. The van der Waals surface area contributed by atoms with Gasteiger partial charge in [0.2, 0.25) is 0 Å². The van der Waals surface area contributed by atoms with E-state index in [4.69, 9.17) is 15.3 Å². The second-order valence-electron chi connectivity index (χ2n) is 3.22. The van der Waals surface area contributed by atoms with Crippen molar-refractivity contribution in [3.05, 3.63) is 28.0 Å². The molecule has 1 rings (SSSR count). The van der Waals surface area contributed by atoms with Crippen LogP contribution in [0.2, 0.25) is 0 Å². The number of aliphatic hydroxyl groups excluding tert-OH is 1. The Morgan fingerprint density at radius 3 is 2.89 bits per heavy atom. The fourth-order valence-electron chi connectivity index (χ4n) is 1.08. The number of hydrazone groups is 1. The van der Waals surface area contributed by atoms with Crippen molar-refractivity contribution in [2.75, 3.05) is 13.2 Å². The van der Waals surface area contributed by atoms with Gasteiger partial charge in [-0.25, -0.2) is 9.80 Å². The predicted molar refractivity (Wildman–Crippen MR) is 60.9 cm³/mol. The molecule has 0 spiro atoms. The van der Waals surface area contributed by atoms with Gasteiger partial charge in [-0.1, -0.05) is 0 Å². The first kappa shape index (κ1) is 13.6. The van der Waals surface area contributed by atoms with E-state index in [0.717, 1.165) is 11.2 Å². The van der Waals surface area contributed by atoms with Gasteiger partial charge in [-0.2, -0.15) is 5.10 Å². The van der Waals surface area contributed by atoms with Crippen LogP contribution >= 0.6 is 0 Å². The third-order valence-corrected chi connectivity index (χ3v) is 1.90. The van der Waals surface area contributed by atoms with Crippen LogP contribution < -0.4 is 5.73 Å². The highest BCUT2D eigenvalue weighted by Crippen LogP contribution is 2.13. The Labute approximate surface area is 102 Å². The second kappa shape index (κ2) is 6.35. The molecule has 0 aliphatic heterocycles. The molecule has 0 unspecified atom stereocenters. The number of aliphatic hydroxyl groups is 1. The van der Waals surface area contributed by atoms with Crippen LogP contribution in [0, 0.1) is 10.1 Å². The molecule has 0 aromatic carbocycles. The van der Waals surface area contributed by atoms with Crippen molar-refractivity contribution in [1.82, 2.24) is 5.01 Å². The molecule has 0 aliphatic carbocycles. The average molecular weight is 256 g/mol. The second-order valence-corrected chi connectivity index (χ2v) is 3.22. The summed E-state index contributed by atoms with van der Waals surface area (Å²) in [5.41, 5.74) is 5.05. The molecule has 1 aromatic rings. The van der Waals surface area contributed by atoms with Gasteiger partial charge in [0, 0.05) is 13.2 Å². The van der Waals surface area contributed by atoms with Gasteiger partial charge in [0.15, 0.2) is 5.76 Å². The molecule has 9 heteroatoms. The third kappa shape index (κ3) is 3.87. The number of hydrogen-bond acceptors (Lipinski definition) is 6. The number of carbonyl (C=O) groups is 1. The van der Waals surface area contributed by atoms with Gasteiger partial charge in [-0.15, -0.1) is 0 Å². The molecule has 1 heterocycles. The molecule has 0 saturated heterocycles. The number of hydrogen-bond donors (Lipinski definition) is 2. The van der Waals surface area contributed by atoms with E-state index in [9.17, 15) is 14.9 Å². The maximum absolute atomic E-state index is 11.0. The van der Waals surface area contributed by atoms with Gasteiger partial charge in [0.05, 0.1) is 12.3 Å². The quantitative estimate of drug-likeness (QED) is 0.428. The first-order chi connectivity index (χ1) is 8.54. The molecule has 0 atom stereocenters. The standard InChI is InChI=1S/C9H12N4O5/c10-9(15)12(4-1-5-14)11-6-7-2-3-8(18-7)13(16)17/h2-3,6,14H,1,4-5H2,(H2,10,15)/b11-6-. The zero-order valence-electron chi connectivity index (χ0n) is 9.35. The smallest absolute Gasteiger partial charge is 0.400 e. The van der Waals surface area contributed by atoms with E-state index in [1.807, 2.05) is 0 Å². The van der Waals surface area contributed by atoms with Crippen molar-refractivity contribution in [3.63, 3.8) is 0 Å². The lowest BCUT2D eigenvalue weighted by Crippen LogP contribution is -2.32. The summed E-state index contributed by atoms with van der Waals surface area (Å²) in [6.07, 6.45) is 1.45. The summed E-state index contributed by atoms with van der Waals surface area (Å²) in [4.78, 5) is 20.6. The zero-order chi connectivity index (χ0) is 13.5. The van der Waals surface area contributed by atoms with Crippen LogP contribution in [0.5, 0.6) is 0 Å². The number of furan rings is 1. The van der Waals surface area contributed by atoms with Crippen molar-refractivity contribution in [2.24, 2.45) is 10.8 Å². The number of urea groups is 1. The minimum atomic E-state index is -0.791. The molecule has 2 amide bonds. The summed E-state index contributed by atoms with van der Waals surface area (Å²) < 4.78 is 4.80. The van der Waals surface area contributed by atoms with Crippen LogP contribution in [-0.4, -0.2) is 40.4 Å². The summed E-state index contributed by atoms with van der Waals surface area (Å²) in [5, 5.41) is 23.6. The van der Waals surface area contributed by atoms with Crippen LogP contribution in [0.3, 0.4) is 0 Å². The van der Waals surface area contributed by atoms with Gasteiger partial charge >= 0.3 is 11.9 Å². The van der Waals surface area contributed by atoms with Gasteiger partial charge in [-0.05, 0) is 12.5 Å². The molecule has 0 radical (unpaired) electrons. The molecule has 98 valence electrons. The van der Waals surface area contributed by atoms with Crippen molar-refractivity contribution >= 4 is 18.1 Å². The number of rotatable bonds is 6. The highest BCUT2D eigenvalue weighted by molar-refractivity contribution is 5.79. The van der Waals surface area contributed by atoms with E-state index in [0.29, 0.717) is 6.42 Å². The third-order valence-electron chi connectivity index (χ3n) is 1.90. The zero-order valence-corrected chi connectivity index (χ0v) is 9.35. The summed E-state index contributed by atoms with van der Waals surface area (Å²) >= 11 is 0. The number of nitro groups is 1. The van der Waals surface area contributed by atoms with Crippen LogP contribution in [-0.2, 0) is 0 Å². The van der Waals surface area contributed by atoms with E-state index >= 15 is 0 Å². The van der Waals surface area contributed by atoms with Crippen LogP contribution in [0.1, 0.15) is 12.2 Å². The van der Waals surface area contributed by atoms with Gasteiger partial charge < -0.3 is 15.3 Å². The lowest BCUT2D eigenvalue weighted by molar-refractivity contribution is -0.402. The molecular formula is C9H12N4O5. The monoisotopic (exact) mass is 256 g/mol. The summed E-state index contributed by atoms with van der Waals surface area (Å²) in [5.74, 6) is -0.297. The van der Waals surface area contributed by atoms with Crippen molar-refractivity contribution in [3.8, 4) is 0 Å². The Bertz CT molecular complexity index is 456. The van der Waals surface area contributed by atoms with E-state index in [1.54, 1.807) is 0 Å². The first-order valence-corrected chi connectivity index (χ1v) is 5.00. The molecule has 0 saturated carbocycles. The Hall–Kier alpha value is -2.42. The Kier molecular flexibility index (Phi) is 4.81. The van der Waals surface area contributed by atoms with Crippen LogP contribution in [0.15, 0.2) is 21.7 Å². The Balaban J connectivity index is 2.69. The average Bonchev–Trinajstić information content (AvgIpc) is 2.77. The molecular weight excluding hydrogens is 244 g/mol. The number of nitrogens with zero attached hydrogens (tertiary/aromatic N) is 3. The fourth-order valence-corrected chi connectivity index (χ4v) is 1.08. The highest BCUT2D eigenvalue weighted by atomic mass is 16.6. The molecule has 0 aliphatic rings. The molecule has 9 nitrogen and oxygen atoms in total. The minimum Gasteiger partial charge on any atom is -0.400 e. The molecule has 0 fully saturated rings. The summed E-state index contributed by atoms with van der Waals surface area (Å²) in [7, 11) is 0. The van der Waals surface area contributed by atoms with Crippen molar-refractivity contribution in [2.45, 2.75) is 6.42 Å². The maximum atomic E-state index is 11.0. The number of amides is 2. The summed E-state index contributed by atoms with van der Waals surface area (Å²) in [6.45, 7) is 0.0384. The van der Waals surface area contributed by atoms with E-state index in [-0.39, 0.29) is 18.9 Å². The molecule has 0 bridgehead atoms. The van der Waals surface area contributed by atoms with Gasteiger partial charge in [0.1, 0.15) is 4.92 Å². The normalized spacial score (nSPS) is 10.7. The van der Waals surface area contributed by atoms with Crippen LogP contribution in [0.25, 0.3) is 0 Å². The number of nitrogens with two attached hydrogens (primary N) is 1.